The first-order chi connectivity index (χ1) is 10.9. The lowest BCUT2D eigenvalue weighted by molar-refractivity contribution is 0.0759. The van der Waals surface area contributed by atoms with Gasteiger partial charge in [-0.25, -0.2) is 0 Å². The predicted octanol–water partition coefficient (Wildman–Crippen LogP) is 4.23. The Morgan fingerprint density at radius 3 is 2.70 bits per heavy atom. The molecule has 122 valence electrons. The average Bonchev–Trinajstić information content (AvgIpc) is 3.04. The minimum absolute atomic E-state index is 0.00844. The Bertz CT molecular complexity index is 775. The van der Waals surface area contributed by atoms with Crippen LogP contribution in [0.2, 0.25) is 10.0 Å². The molecule has 1 amide bonds. The molecule has 2 heterocycles. The molecule has 1 aromatic heterocycles. The van der Waals surface area contributed by atoms with E-state index in [2.05, 4.69) is 5.10 Å². The summed E-state index contributed by atoms with van der Waals surface area (Å²) in [4.78, 5) is 14.9. The van der Waals surface area contributed by atoms with Crippen LogP contribution in [0, 0.1) is 13.8 Å². The lowest BCUT2D eigenvalue weighted by Crippen LogP contribution is -2.31. The SMILES string of the molecule is Cc1nn(C)c(C)c1C(=O)N1CCSC1c1ccc(Cl)cc1Cl. The van der Waals surface area contributed by atoms with Gasteiger partial charge in [-0.2, -0.15) is 5.10 Å². The maximum absolute atomic E-state index is 13.1. The first kappa shape index (κ1) is 16.7. The van der Waals surface area contributed by atoms with E-state index < -0.39 is 0 Å². The van der Waals surface area contributed by atoms with E-state index in [-0.39, 0.29) is 11.3 Å². The molecule has 1 aromatic carbocycles. The van der Waals surface area contributed by atoms with Gasteiger partial charge in [0.1, 0.15) is 5.37 Å². The summed E-state index contributed by atoms with van der Waals surface area (Å²) in [6, 6.07) is 5.43. The second-order valence-corrected chi connectivity index (χ2v) is 7.59. The second kappa shape index (κ2) is 6.38. The summed E-state index contributed by atoms with van der Waals surface area (Å²) < 4.78 is 1.75. The number of halogens is 2. The molecule has 0 saturated carbocycles. The maximum atomic E-state index is 13.1. The van der Waals surface area contributed by atoms with E-state index in [1.165, 1.54) is 0 Å². The van der Waals surface area contributed by atoms with Crippen molar-refractivity contribution in [3.05, 3.63) is 50.8 Å². The summed E-state index contributed by atoms with van der Waals surface area (Å²) in [6.45, 7) is 4.48. The fourth-order valence-corrected chi connectivity index (χ4v) is 4.73. The van der Waals surface area contributed by atoms with Gasteiger partial charge in [0.05, 0.1) is 11.3 Å². The molecule has 0 radical (unpaired) electrons. The maximum Gasteiger partial charge on any atom is 0.258 e. The number of carbonyl (C=O) groups excluding carboxylic acids is 1. The highest BCUT2D eigenvalue weighted by Crippen LogP contribution is 2.42. The highest BCUT2D eigenvalue weighted by atomic mass is 35.5. The van der Waals surface area contributed by atoms with E-state index in [1.54, 1.807) is 22.5 Å². The van der Waals surface area contributed by atoms with Gasteiger partial charge in [0.15, 0.2) is 0 Å². The molecular weight excluding hydrogens is 353 g/mol. The van der Waals surface area contributed by atoms with Crippen molar-refractivity contribution in [3.63, 3.8) is 0 Å². The van der Waals surface area contributed by atoms with Crippen LogP contribution in [0.3, 0.4) is 0 Å². The molecule has 4 nitrogen and oxygen atoms in total. The van der Waals surface area contributed by atoms with Gasteiger partial charge in [-0.05, 0) is 26.0 Å². The number of aryl methyl sites for hydroxylation is 2. The zero-order valence-electron chi connectivity index (χ0n) is 13.1. The third-order valence-electron chi connectivity index (χ3n) is 4.10. The molecule has 0 aliphatic carbocycles. The van der Waals surface area contributed by atoms with Crippen LogP contribution in [0.1, 0.15) is 32.7 Å². The van der Waals surface area contributed by atoms with Crippen molar-refractivity contribution < 1.29 is 4.79 Å². The Morgan fingerprint density at radius 1 is 1.35 bits per heavy atom. The molecule has 1 saturated heterocycles. The van der Waals surface area contributed by atoms with Gasteiger partial charge < -0.3 is 4.90 Å². The van der Waals surface area contributed by atoms with Crippen molar-refractivity contribution in [1.82, 2.24) is 14.7 Å². The number of nitrogens with zero attached hydrogens (tertiary/aromatic N) is 3. The van der Waals surface area contributed by atoms with Gasteiger partial charge in [0, 0.05) is 40.6 Å². The molecule has 1 unspecified atom stereocenters. The van der Waals surface area contributed by atoms with Crippen LogP contribution in [0.5, 0.6) is 0 Å². The summed E-state index contributed by atoms with van der Waals surface area (Å²) in [7, 11) is 1.85. The Morgan fingerprint density at radius 2 is 2.09 bits per heavy atom. The first-order valence-corrected chi connectivity index (χ1v) is 9.08. The Hall–Kier alpha value is -1.17. The van der Waals surface area contributed by atoms with E-state index in [0.29, 0.717) is 22.2 Å². The average molecular weight is 370 g/mol. The van der Waals surface area contributed by atoms with E-state index in [9.17, 15) is 4.79 Å². The molecule has 2 aromatic rings. The molecule has 0 N–H and O–H groups in total. The summed E-state index contributed by atoms with van der Waals surface area (Å²) >= 11 is 14.0. The standard InChI is InChI=1S/C16H17Cl2N3OS/c1-9-14(10(2)20(3)19-9)15(22)21-6-7-23-16(21)12-5-4-11(17)8-13(12)18/h4-5,8,16H,6-7H2,1-3H3. The largest absolute Gasteiger partial charge is 0.322 e. The van der Waals surface area contributed by atoms with Gasteiger partial charge in [0.25, 0.3) is 5.91 Å². The molecular formula is C16H17Cl2N3OS. The number of thioether (sulfide) groups is 1. The fourth-order valence-electron chi connectivity index (χ4n) is 2.86. The van der Waals surface area contributed by atoms with E-state index in [1.807, 2.05) is 37.9 Å². The van der Waals surface area contributed by atoms with Crippen LogP contribution in [0.25, 0.3) is 0 Å². The zero-order valence-corrected chi connectivity index (χ0v) is 15.5. The Balaban J connectivity index is 1.97. The number of hydrogen-bond acceptors (Lipinski definition) is 3. The highest BCUT2D eigenvalue weighted by molar-refractivity contribution is 7.99. The smallest absolute Gasteiger partial charge is 0.258 e. The summed E-state index contributed by atoms with van der Waals surface area (Å²) in [6.07, 6.45) is 0. The Labute approximate surface area is 149 Å². The van der Waals surface area contributed by atoms with Gasteiger partial charge in [-0.3, -0.25) is 9.48 Å². The minimum Gasteiger partial charge on any atom is -0.322 e. The molecule has 1 aliphatic rings. The molecule has 1 aliphatic heterocycles. The third kappa shape index (κ3) is 2.97. The zero-order chi connectivity index (χ0) is 16.7. The summed E-state index contributed by atoms with van der Waals surface area (Å²) in [5.74, 6) is 0.891. The van der Waals surface area contributed by atoms with Crippen molar-refractivity contribution in [2.45, 2.75) is 19.2 Å². The van der Waals surface area contributed by atoms with E-state index in [0.717, 1.165) is 22.7 Å². The highest BCUT2D eigenvalue weighted by Gasteiger charge is 2.34. The van der Waals surface area contributed by atoms with Crippen molar-refractivity contribution in [2.75, 3.05) is 12.3 Å². The van der Waals surface area contributed by atoms with Crippen molar-refractivity contribution in [2.24, 2.45) is 7.05 Å². The number of amides is 1. The van der Waals surface area contributed by atoms with Crippen LogP contribution in [0.4, 0.5) is 0 Å². The fraction of sp³-hybridized carbons (Fsp3) is 0.375. The van der Waals surface area contributed by atoms with Gasteiger partial charge in [0.2, 0.25) is 0 Å². The first-order valence-electron chi connectivity index (χ1n) is 7.28. The quantitative estimate of drug-likeness (QED) is 0.794. The molecule has 3 rings (SSSR count). The van der Waals surface area contributed by atoms with Gasteiger partial charge in [-0.15, -0.1) is 11.8 Å². The molecule has 0 bridgehead atoms. The topological polar surface area (TPSA) is 38.1 Å². The normalized spacial score (nSPS) is 17.8. The summed E-state index contributed by atoms with van der Waals surface area (Å²) in [5.41, 5.74) is 3.24. The summed E-state index contributed by atoms with van der Waals surface area (Å²) in [5, 5.41) is 5.45. The second-order valence-electron chi connectivity index (χ2n) is 5.56. The van der Waals surface area contributed by atoms with Gasteiger partial charge >= 0.3 is 0 Å². The van der Waals surface area contributed by atoms with E-state index >= 15 is 0 Å². The number of aromatic nitrogens is 2. The monoisotopic (exact) mass is 369 g/mol. The molecule has 1 atom stereocenters. The lowest BCUT2D eigenvalue weighted by atomic mass is 10.1. The molecule has 0 spiro atoms. The number of hydrogen-bond donors (Lipinski definition) is 0. The molecule has 7 heteroatoms. The van der Waals surface area contributed by atoms with Crippen LogP contribution in [-0.2, 0) is 7.05 Å². The van der Waals surface area contributed by atoms with Crippen LogP contribution >= 0.6 is 35.0 Å². The van der Waals surface area contributed by atoms with Crippen LogP contribution in [-0.4, -0.2) is 32.9 Å². The van der Waals surface area contributed by atoms with Crippen molar-refractivity contribution in [3.8, 4) is 0 Å². The van der Waals surface area contributed by atoms with Crippen molar-refractivity contribution in [1.29, 1.82) is 0 Å². The predicted molar refractivity (Wildman–Crippen MR) is 95.4 cm³/mol. The van der Waals surface area contributed by atoms with Crippen LogP contribution < -0.4 is 0 Å². The third-order valence-corrected chi connectivity index (χ3v) is 5.91. The Kier molecular flexibility index (Phi) is 4.63. The molecule has 23 heavy (non-hydrogen) atoms. The van der Waals surface area contributed by atoms with Crippen molar-refractivity contribution >= 4 is 40.9 Å². The van der Waals surface area contributed by atoms with Crippen LogP contribution in [0.15, 0.2) is 18.2 Å². The lowest BCUT2D eigenvalue weighted by Gasteiger charge is -2.25. The number of carbonyl (C=O) groups is 1. The number of benzene rings is 1. The van der Waals surface area contributed by atoms with Gasteiger partial charge in [-0.1, -0.05) is 29.3 Å². The molecule has 1 fully saturated rings. The van der Waals surface area contributed by atoms with E-state index in [4.69, 9.17) is 23.2 Å². The minimum atomic E-state index is -0.0914. The number of rotatable bonds is 2.